The Hall–Kier alpha value is -3.09. The lowest BCUT2D eigenvalue weighted by Crippen LogP contribution is -2.64. The fraction of sp³-hybridized carbons (Fsp3) is 0.350. The van der Waals surface area contributed by atoms with E-state index >= 15 is 0 Å². The smallest absolute Gasteiger partial charge is 0.302 e. The van der Waals surface area contributed by atoms with Crippen LogP contribution in [0.3, 0.4) is 0 Å². The topological polar surface area (TPSA) is 59.5 Å². The van der Waals surface area contributed by atoms with Crippen LogP contribution in [0.2, 0.25) is 0 Å². The summed E-state index contributed by atoms with van der Waals surface area (Å²) in [5.74, 6) is 0.443. The SMILES string of the molecule is C=C(C)CN1C(=O)C2C(N=C3N(c4cccc(C)c4)C(C)=CN32)N(C)C1=O. The molecule has 3 amide bonds. The Kier molecular flexibility index (Phi) is 3.83. The number of urea groups is 1. The number of fused-ring (bicyclic) bond motifs is 3. The standard InChI is InChI=1S/C20H23N5O2/c1-12(2)10-24-18(26)16-17(22(5)20(24)27)21-19-23(16)11-14(4)25(19)15-8-6-7-13(3)9-15/h6-9,11,16-17H,1,10H2,2-5H3. The van der Waals surface area contributed by atoms with Gasteiger partial charge in [0, 0.05) is 24.6 Å². The molecule has 0 bridgehead atoms. The fourth-order valence-corrected chi connectivity index (χ4v) is 3.86. The van der Waals surface area contributed by atoms with Crippen molar-refractivity contribution < 1.29 is 9.59 Å². The van der Waals surface area contributed by atoms with Gasteiger partial charge < -0.3 is 9.80 Å². The first kappa shape index (κ1) is 17.3. The van der Waals surface area contributed by atoms with Gasteiger partial charge in [-0.1, -0.05) is 24.3 Å². The third-order valence-corrected chi connectivity index (χ3v) is 5.08. The molecule has 3 aliphatic rings. The number of imide groups is 1. The van der Waals surface area contributed by atoms with E-state index in [0.717, 1.165) is 22.5 Å². The third-order valence-electron chi connectivity index (χ3n) is 5.08. The zero-order valence-corrected chi connectivity index (χ0v) is 16.0. The van der Waals surface area contributed by atoms with Gasteiger partial charge >= 0.3 is 6.03 Å². The maximum atomic E-state index is 13.1. The van der Waals surface area contributed by atoms with Crippen LogP contribution in [0.25, 0.3) is 0 Å². The Morgan fingerprint density at radius 1 is 1.26 bits per heavy atom. The van der Waals surface area contributed by atoms with Crippen LogP contribution in [-0.4, -0.2) is 58.4 Å². The minimum absolute atomic E-state index is 0.221. The number of amides is 3. The average molecular weight is 365 g/mol. The van der Waals surface area contributed by atoms with Crippen LogP contribution in [0, 0.1) is 6.92 Å². The molecule has 0 N–H and O–H groups in total. The molecule has 1 aromatic rings. The normalized spacial score (nSPS) is 24.1. The summed E-state index contributed by atoms with van der Waals surface area (Å²) in [7, 11) is 1.69. The summed E-state index contributed by atoms with van der Waals surface area (Å²) in [6, 6.07) is 7.25. The maximum Gasteiger partial charge on any atom is 0.328 e. The second-order valence-electron chi connectivity index (χ2n) is 7.41. The Morgan fingerprint density at radius 3 is 2.67 bits per heavy atom. The van der Waals surface area contributed by atoms with Crippen LogP contribution in [-0.2, 0) is 4.79 Å². The van der Waals surface area contributed by atoms with Crippen LogP contribution < -0.4 is 4.90 Å². The van der Waals surface area contributed by atoms with Gasteiger partial charge in [0.05, 0.1) is 6.54 Å². The highest BCUT2D eigenvalue weighted by Crippen LogP contribution is 2.36. The molecule has 27 heavy (non-hydrogen) atoms. The molecule has 3 heterocycles. The lowest BCUT2D eigenvalue weighted by molar-refractivity contribution is -0.136. The Balaban J connectivity index is 1.73. The summed E-state index contributed by atoms with van der Waals surface area (Å²) in [6.07, 6.45) is 1.41. The summed E-state index contributed by atoms with van der Waals surface area (Å²) >= 11 is 0. The van der Waals surface area contributed by atoms with E-state index in [9.17, 15) is 9.59 Å². The van der Waals surface area contributed by atoms with Gasteiger partial charge in [-0.25, -0.2) is 9.79 Å². The molecule has 0 aliphatic carbocycles. The van der Waals surface area contributed by atoms with Gasteiger partial charge in [-0.2, -0.15) is 0 Å². The molecule has 4 rings (SSSR count). The molecular formula is C20H23N5O2. The molecule has 1 aromatic carbocycles. The summed E-state index contributed by atoms with van der Waals surface area (Å²) in [6.45, 7) is 9.90. The number of likely N-dealkylation sites (N-methyl/N-ethyl adjacent to an activating group) is 1. The second-order valence-corrected chi connectivity index (χ2v) is 7.41. The van der Waals surface area contributed by atoms with Gasteiger partial charge in [-0.15, -0.1) is 0 Å². The number of aliphatic imine (C=N–C) groups is 1. The van der Waals surface area contributed by atoms with Crippen molar-refractivity contribution in [1.82, 2.24) is 14.7 Å². The van der Waals surface area contributed by atoms with Gasteiger partial charge in [0.2, 0.25) is 5.96 Å². The average Bonchev–Trinajstić information content (AvgIpc) is 3.11. The number of aryl methyl sites for hydroxylation is 1. The van der Waals surface area contributed by atoms with E-state index < -0.39 is 12.2 Å². The van der Waals surface area contributed by atoms with Crippen molar-refractivity contribution in [3.63, 3.8) is 0 Å². The molecule has 0 saturated carbocycles. The highest BCUT2D eigenvalue weighted by atomic mass is 16.2. The number of rotatable bonds is 3. The Bertz CT molecular complexity index is 919. The lowest BCUT2D eigenvalue weighted by Gasteiger charge is -2.40. The second kappa shape index (κ2) is 5.97. The molecule has 1 fully saturated rings. The maximum absolute atomic E-state index is 13.1. The van der Waals surface area contributed by atoms with Gasteiger partial charge in [0.1, 0.15) is 0 Å². The van der Waals surface area contributed by atoms with Crippen LogP contribution in [0.1, 0.15) is 19.4 Å². The molecule has 0 radical (unpaired) electrons. The number of carbonyl (C=O) groups is 2. The van der Waals surface area contributed by atoms with E-state index in [4.69, 9.17) is 4.99 Å². The molecule has 0 aromatic heterocycles. The van der Waals surface area contributed by atoms with Crippen molar-refractivity contribution in [2.24, 2.45) is 4.99 Å². The number of nitrogens with zero attached hydrogens (tertiary/aromatic N) is 5. The number of anilines is 1. The van der Waals surface area contributed by atoms with Gasteiger partial charge in [0.25, 0.3) is 5.91 Å². The van der Waals surface area contributed by atoms with E-state index in [2.05, 4.69) is 12.6 Å². The van der Waals surface area contributed by atoms with Crippen LogP contribution in [0.15, 0.2) is 53.3 Å². The van der Waals surface area contributed by atoms with Crippen LogP contribution in [0.5, 0.6) is 0 Å². The van der Waals surface area contributed by atoms with Crippen molar-refractivity contribution in [3.8, 4) is 0 Å². The number of carbonyl (C=O) groups excluding carboxylic acids is 2. The molecule has 3 aliphatic heterocycles. The lowest BCUT2D eigenvalue weighted by atomic mass is 10.1. The highest BCUT2D eigenvalue weighted by molar-refractivity contribution is 6.10. The van der Waals surface area contributed by atoms with Crippen LogP contribution in [0.4, 0.5) is 10.5 Å². The minimum atomic E-state index is -0.549. The van der Waals surface area contributed by atoms with E-state index in [0.29, 0.717) is 5.96 Å². The molecule has 7 heteroatoms. The van der Waals surface area contributed by atoms with Crippen molar-refractivity contribution in [2.45, 2.75) is 33.0 Å². The predicted molar refractivity (Wildman–Crippen MR) is 104 cm³/mol. The molecule has 2 unspecified atom stereocenters. The Labute approximate surface area is 158 Å². The molecule has 7 nitrogen and oxygen atoms in total. The monoisotopic (exact) mass is 365 g/mol. The molecule has 2 atom stereocenters. The molecule has 1 saturated heterocycles. The Morgan fingerprint density at radius 2 is 2.00 bits per heavy atom. The van der Waals surface area contributed by atoms with E-state index in [-0.39, 0.29) is 18.5 Å². The first-order valence-electron chi connectivity index (χ1n) is 8.93. The van der Waals surface area contributed by atoms with Gasteiger partial charge in [-0.3, -0.25) is 14.6 Å². The first-order chi connectivity index (χ1) is 12.8. The number of hydrogen-bond acceptors (Lipinski definition) is 5. The zero-order chi connectivity index (χ0) is 19.5. The van der Waals surface area contributed by atoms with Crippen molar-refractivity contribution >= 4 is 23.6 Å². The molecule has 0 spiro atoms. The predicted octanol–water partition coefficient (Wildman–Crippen LogP) is 2.51. The third kappa shape index (κ3) is 2.53. The van der Waals surface area contributed by atoms with Gasteiger partial charge in [-0.05, 0) is 38.5 Å². The molecule has 140 valence electrons. The summed E-state index contributed by atoms with van der Waals surface area (Å²) in [5, 5.41) is 0. The summed E-state index contributed by atoms with van der Waals surface area (Å²) < 4.78 is 0. The van der Waals surface area contributed by atoms with Gasteiger partial charge in [0.15, 0.2) is 12.2 Å². The van der Waals surface area contributed by atoms with Crippen molar-refractivity contribution in [1.29, 1.82) is 0 Å². The largest absolute Gasteiger partial charge is 0.328 e. The first-order valence-corrected chi connectivity index (χ1v) is 8.93. The number of guanidine groups is 1. The summed E-state index contributed by atoms with van der Waals surface area (Å²) in [4.78, 5) is 37.3. The molecular weight excluding hydrogens is 342 g/mol. The minimum Gasteiger partial charge on any atom is -0.302 e. The number of hydrogen-bond donors (Lipinski definition) is 0. The zero-order valence-electron chi connectivity index (χ0n) is 16.0. The van der Waals surface area contributed by atoms with E-state index in [1.165, 1.54) is 9.80 Å². The summed E-state index contributed by atoms with van der Waals surface area (Å²) in [5.41, 5.74) is 3.88. The number of benzene rings is 1. The highest BCUT2D eigenvalue weighted by Gasteiger charge is 2.54. The quantitative estimate of drug-likeness (QED) is 0.773. The van der Waals surface area contributed by atoms with E-state index in [1.54, 1.807) is 7.05 Å². The fourth-order valence-electron chi connectivity index (χ4n) is 3.86. The van der Waals surface area contributed by atoms with E-state index in [1.807, 2.05) is 55.0 Å². The van der Waals surface area contributed by atoms with Crippen LogP contribution >= 0.6 is 0 Å². The van der Waals surface area contributed by atoms with Crippen molar-refractivity contribution in [2.75, 3.05) is 18.5 Å². The van der Waals surface area contributed by atoms with Crippen molar-refractivity contribution in [3.05, 3.63) is 53.9 Å². The number of allylic oxidation sites excluding steroid dienone is 1.